The first-order valence-corrected chi connectivity index (χ1v) is 9.93. The van der Waals surface area contributed by atoms with Crippen LogP contribution in [0.2, 0.25) is 0 Å². The van der Waals surface area contributed by atoms with Crippen LogP contribution in [0.15, 0.2) is 42.5 Å². The molecule has 0 saturated heterocycles. The molecule has 2 aromatic carbocycles. The lowest BCUT2D eigenvalue weighted by Gasteiger charge is -2.26. The Bertz CT molecular complexity index is 883. The standard InChI is InChI=1S/C24H31NO5/c1-16-7-8-17(2)19(13-16)14-22(27)29-20-11-9-18(10-12-20)21(26)15-25(6)23(28)30-24(3,4)5/h7-13,21,26H,14-15H2,1-6H3. The van der Waals surface area contributed by atoms with Gasteiger partial charge in [0.1, 0.15) is 11.4 Å². The van der Waals surface area contributed by atoms with Crippen LogP contribution in [0.1, 0.15) is 49.1 Å². The topological polar surface area (TPSA) is 76.1 Å². The molecule has 162 valence electrons. The molecule has 0 radical (unpaired) electrons. The molecule has 0 aliphatic rings. The first-order valence-electron chi connectivity index (χ1n) is 9.93. The molecule has 2 rings (SSSR count). The van der Waals surface area contributed by atoms with Gasteiger partial charge in [0.05, 0.1) is 19.1 Å². The smallest absolute Gasteiger partial charge is 0.410 e. The largest absolute Gasteiger partial charge is 0.444 e. The molecular weight excluding hydrogens is 382 g/mol. The van der Waals surface area contributed by atoms with E-state index in [2.05, 4.69) is 0 Å². The van der Waals surface area contributed by atoms with Crippen LogP contribution in [-0.2, 0) is 16.0 Å². The molecule has 1 unspecified atom stereocenters. The zero-order valence-electron chi connectivity index (χ0n) is 18.6. The number of hydrogen-bond donors (Lipinski definition) is 1. The van der Waals surface area contributed by atoms with Crippen molar-refractivity contribution in [1.82, 2.24) is 4.90 Å². The fourth-order valence-electron chi connectivity index (χ4n) is 2.85. The van der Waals surface area contributed by atoms with Crippen molar-refractivity contribution in [3.05, 3.63) is 64.7 Å². The van der Waals surface area contributed by atoms with Gasteiger partial charge in [-0.3, -0.25) is 4.79 Å². The highest BCUT2D eigenvalue weighted by Gasteiger charge is 2.22. The number of ether oxygens (including phenoxy) is 2. The molecule has 0 spiro atoms. The van der Waals surface area contributed by atoms with Crippen LogP contribution in [0.5, 0.6) is 5.75 Å². The number of amides is 1. The lowest BCUT2D eigenvalue weighted by Crippen LogP contribution is -2.36. The lowest BCUT2D eigenvalue weighted by atomic mass is 10.0. The molecule has 6 nitrogen and oxygen atoms in total. The van der Waals surface area contributed by atoms with Crippen molar-refractivity contribution in [1.29, 1.82) is 0 Å². The van der Waals surface area contributed by atoms with Gasteiger partial charge in [0.2, 0.25) is 0 Å². The zero-order valence-corrected chi connectivity index (χ0v) is 18.6. The SMILES string of the molecule is Cc1ccc(C)c(CC(=O)Oc2ccc(C(O)CN(C)C(=O)OC(C)(C)C)cc2)c1. The van der Waals surface area contributed by atoms with E-state index in [1.807, 2.05) is 32.0 Å². The molecule has 0 aliphatic carbocycles. The Morgan fingerprint density at radius 3 is 2.30 bits per heavy atom. The number of aryl methyl sites for hydroxylation is 2. The average Bonchev–Trinajstić information content (AvgIpc) is 2.63. The number of carbonyl (C=O) groups is 2. The number of likely N-dealkylation sites (N-methyl/N-ethyl adjacent to an activating group) is 1. The summed E-state index contributed by atoms with van der Waals surface area (Å²) in [4.78, 5) is 25.6. The minimum atomic E-state index is -0.887. The number of benzene rings is 2. The van der Waals surface area contributed by atoms with Gasteiger partial charge < -0.3 is 19.5 Å². The third-order valence-electron chi connectivity index (χ3n) is 4.49. The Balaban J connectivity index is 1.93. The average molecular weight is 414 g/mol. The van der Waals surface area contributed by atoms with Crippen molar-refractivity contribution in [3.8, 4) is 5.75 Å². The Labute approximate surface area is 178 Å². The zero-order chi connectivity index (χ0) is 22.5. The van der Waals surface area contributed by atoms with Crippen LogP contribution in [0.4, 0.5) is 4.79 Å². The summed E-state index contributed by atoms with van der Waals surface area (Å²) in [6, 6.07) is 12.6. The Hall–Kier alpha value is -2.86. The fraction of sp³-hybridized carbons (Fsp3) is 0.417. The van der Waals surface area contributed by atoms with E-state index in [1.54, 1.807) is 52.1 Å². The van der Waals surface area contributed by atoms with Gasteiger partial charge in [-0.15, -0.1) is 0 Å². The van der Waals surface area contributed by atoms with E-state index in [1.165, 1.54) is 4.90 Å². The molecule has 0 fully saturated rings. The van der Waals surface area contributed by atoms with Crippen LogP contribution >= 0.6 is 0 Å². The van der Waals surface area contributed by atoms with Gasteiger partial charge in [0, 0.05) is 7.05 Å². The van der Waals surface area contributed by atoms with Crippen molar-refractivity contribution >= 4 is 12.1 Å². The van der Waals surface area contributed by atoms with Gasteiger partial charge in [-0.25, -0.2) is 4.79 Å². The first kappa shape index (κ1) is 23.4. The molecule has 0 heterocycles. The number of rotatable bonds is 6. The summed E-state index contributed by atoms with van der Waals surface area (Å²) in [5, 5.41) is 10.4. The lowest BCUT2D eigenvalue weighted by molar-refractivity contribution is -0.133. The van der Waals surface area contributed by atoms with E-state index < -0.39 is 17.8 Å². The third kappa shape index (κ3) is 7.19. The molecular formula is C24H31NO5. The highest BCUT2D eigenvalue weighted by molar-refractivity contribution is 5.75. The quantitative estimate of drug-likeness (QED) is 0.563. The second kappa shape index (κ2) is 9.76. The monoisotopic (exact) mass is 413 g/mol. The molecule has 0 aliphatic heterocycles. The van der Waals surface area contributed by atoms with E-state index in [-0.39, 0.29) is 18.9 Å². The highest BCUT2D eigenvalue weighted by atomic mass is 16.6. The Kier molecular flexibility index (Phi) is 7.62. The summed E-state index contributed by atoms with van der Waals surface area (Å²) < 4.78 is 10.7. The van der Waals surface area contributed by atoms with E-state index >= 15 is 0 Å². The van der Waals surface area contributed by atoms with E-state index in [9.17, 15) is 14.7 Å². The molecule has 6 heteroatoms. The van der Waals surface area contributed by atoms with Gasteiger partial charge in [-0.2, -0.15) is 0 Å². The maximum absolute atomic E-state index is 12.3. The summed E-state index contributed by atoms with van der Waals surface area (Å²) in [6.07, 6.45) is -1.20. The van der Waals surface area contributed by atoms with Crippen LogP contribution in [0, 0.1) is 13.8 Å². The molecule has 1 amide bonds. The Morgan fingerprint density at radius 1 is 1.07 bits per heavy atom. The molecule has 30 heavy (non-hydrogen) atoms. The minimum absolute atomic E-state index is 0.0840. The van der Waals surface area contributed by atoms with Crippen molar-refractivity contribution in [2.45, 2.75) is 52.7 Å². The predicted octanol–water partition coefficient (Wildman–Crippen LogP) is 4.35. The predicted molar refractivity (Wildman–Crippen MR) is 116 cm³/mol. The van der Waals surface area contributed by atoms with Crippen molar-refractivity contribution in [2.24, 2.45) is 0 Å². The normalized spacial score (nSPS) is 12.2. The van der Waals surface area contributed by atoms with Gasteiger partial charge in [0.25, 0.3) is 0 Å². The summed E-state index contributed by atoms with van der Waals surface area (Å²) in [5.74, 6) is 0.0587. The molecule has 2 aromatic rings. The second-order valence-corrected chi connectivity index (χ2v) is 8.53. The van der Waals surface area contributed by atoms with Crippen LogP contribution < -0.4 is 4.74 Å². The molecule has 1 atom stereocenters. The number of aliphatic hydroxyl groups excluding tert-OH is 1. The molecule has 0 bridgehead atoms. The summed E-state index contributed by atoms with van der Waals surface area (Å²) in [5.41, 5.74) is 3.10. The third-order valence-corrected chi connectivity index (χ3v) is 4.49. The first-order chi connectivity index (χ1) is 13.9. The second-order valence-electron chi connectivity index (χ2n) is 8.53. The van der Waals surface area contributed by atoms with Crippen LogP contribution in [0.25, 0.3) is 0 Å². The number of aliphatic hydroxyl groups is 1. The van der Waals surface area contributed by atoms with Gasteiger partial charge >= 0.3 is 12.1 Å². The van der Waals surface area contributed by atoms with E-state index in [0.717, 1.165) is 16.7 Å². The van der Waals surface area contributed by atoms with Crippen molar-refractivity contribution in [3.63, 3.8) is 0 Å². The van der Waals surface area contributed by atoms with Crippen molar-refractivity contribution < 1.29 is 24.2 Å². The maximum Gasteiger partial charge on any atom is 0.410 e. The minimum Gasteiger partial charge on any atom is -0.444 e. The number of nitrogens with zero attached hydrogens (tertiary/aromatic N) is 1. The molecule has 0 saturated carbocycles. The van der Waals surface area contributed by atoms with Gasteiger partial charge in [-0.05, 0) is 63.4 Å². The summed E-state index contributed by atoms with van der Waals surface area (Å²) in [7, 11) is 1.57. The van der Waals surface area contributed by atoms with Crippen LogP contribution in [-0.4, -0.2) is 41.3 Å². The highest BCUT2D eigenvalue weighted by Crippen LogP contribution is 2.20. The summed E-state index contributed by atoms with van der Waals surface area (Å²) >= 11 is 0. The van der Waals surface area contributed by atoms with Gasteiger partial charge in [0.15, 0.2) is 0 Å². The fourth-order valence-corrected chi connectivity index (χ4v) is 2.85. The molecule has 0 aromatic heterocycles. The molecule has 1 N–H and O–H groups in total. The van der Waals surface area contributed by atoms with Crippen LogP contribution in [0.3, 0.4) is 0 Å². The number of esters is 1. The number of carbonyl (C=O) groups excluding carboxylic acids is 2. The Morgan fingerprint density at radius 2 is 1.70 bits per heavy atom. The number of hydrogen-bond acceptors (Lipinski definition) is 5. The summed E-state index contributed by atoms with van der Waals surface area (Å²) in [6.45, 7) is 9.39. The maximum atomic E-state index is 12.3. The van der Waals surface area contributed by atoms with E-state index in [0.29, 0.717) is 11.3 Å². The van der Waals surface area contributed by atoms with E-state index in [4.69, 9.17) is 9.47 Å². The van der Waals surface area contributed by atoms with Crippen molar-refractivity contribution in [2.75, 3.05) is 13.6 Å². The van der Waals surface area contributed by atoms with Gasteiger partial charge in [-0.1, -0.05) is 35.9 Å².